The van der Waals surface area contributed by atoms with E-state index >= 15 is 0 Å². The van der Waals surface area contributed by atoms with E-state index < -0.39 is 11.0 Å². The van der Waals surface area contributed by atoms with Crippen molar-refractivity contribution >= 4 is 29.3 Å². The van der Waals surface area contributed by atoms with Crippen molar-refractivity contribution in [2.24, 2.45) is 0 Å². The second-order valence-corrected chi connectivity index (χ2v) is 8.44. The average Bonchev–Trinajstić information content (AvgIpc) is 2.81. The standard InChI is InChI=1S/C24H31N3O4S/c1-3-15-25-24(29)22(4-2)26(16-14-19-8-6-5-7-9-19)23(28)18-32-17-20-10-12-21(13-11-20)27(30)31/h5-13,22H,3-4,14-18H2,1-2H3,(H,25,29). The smallest absolute Gasteiger partial charge is 0.269 e. The minimum atomic E-state index is -0.502. The van der Waals surface area contributed by atoms with Crippen molar-refractivity contribution in [2.75, 3.05) is 18.8 Å². The van der Waals surface area contributed by atoms with E-state index in [1.54, 1.807) is 17.0 Å². The van der Waals surface area contributed by atoms with Crippen molar-refractivity contribution in [3.05, 3.63) is 75.8 Å². The van der Waals surface area contributed by atoms with Gasteiger partial charge in [0.25, 0.3) is 5.69 Å². The fourth-order valence-corrected chi connectivity index (χ4v) is 4.19. The maximum atomic E-state index is 13.1. The monoisotopic (exact) mass is 457 g/mol. The highest BCUT2D eigenvalue weighted by atomic mass is 32.2. The fourth-order valence-electron chi connectivity index (χ4n) is 3.31. The van der Waals surface area contributed by atoms with Gasteiger partial charge in [0, 0.05) is 31.0 Å². The molecule has 0 bridgehead atoms. The number of rotatable bonds is 13. The van der Waals surface area contributed by atoms with Crippen molar-refractivity contribution in [2.45, 2.75) is 44.9 Å². The molecule has 2 aromatic rings. The fraction of sp³-hybridized carbons (Fsp3) is 0.417. The van der Waals surface area contributed by atoms with Crippen LogP contribution in [0.1, 0.15) is 37.8 Å². The Labute approximate surface area is 193 Å². The molecule has 32 heavy (non-hydrogen) atoms. The Balaban J connectivity index is 2.02. The first-order valence-corrected chi connectivity index (χ1v) is 12.0. The number of nitro benzene ring substituents is 1. The molecule has 2 aromatic carbocycles. The third-order valence-corrected chi connectivity index (χ3v) is 6.05. The van der Waals surface area contributed by atoms with Crippen LogP contribution in [0.15, 0.2) is 54.6 Å². The largest absolute Gasteiger partial charge is 0.354 e. The highest BCUT2D eigenvalue weighted by molar-refractivity contribution is 7.99. The molecule has 0 aliphatic heterocycles. The highest BCUT2D eigenvalue weighted by Crippen LogP contribution is 2.18. The molecule has 0 saturated heterocycles. The van der Waals surface area contributed by atoms with Gasteiger partial charge in [-0.05, 0) is 30.4 Å². The molecule has 1 unspecified atom stereocenters. The number of hydrogen-bond acceptors (Lipinski definition) is 5. The van der Waals surface area contributed by atoms with E-state index in [4.69, 9.17) is 0 Å². The average molecular weight is 458 g/mol. The van der Waals surface area contributed by atoms with Crippen LogP contribution in [0.5, 0.6) is 0 Å². The quantitative estimate of drug-likeness (QED) is 0.359. The van der Waals surface area contributed by atoms with E-state index in [1.807, 2.05) is 44.2 Å². The number of non-ortho nitro benzene ring substituents is 1. The van der Waals surface area contributed by atoms with Crippen LogP contribution in [0.25, 0.3) is 0 Å². The van der Waals surface area contributed by atoms with E-state index in [0.717, 1.165) is 17.5 Å². The number of nitrogens with one attached hydrogen (secondary N) is 1. The number of thioether (sulfide) groups is 1. The minimum absolute atomic E-state index is 0.0470. The van der Waals surface area contributed by atoms with Crippen molar-refractivity contribution in [1.29, 1.82) is 0 Å². The summed E-state index contributed by atoms with van der Waals surface area (Å²) in [7, 11) is 0. The van der Waals surface area contributed by atoms with Gasteiger partial charge in [-0.15, -0.1) is 11.8 Å². The highest BCUT2D eigenvalue weighted by Gasteiger charge is 2.27. The van der Waals surface area contributed by atoms with Gasteiger partial charge in [-0.3, -0.25) is 19.7 Å². The van der Waals surface area contributed by atoms with Gasteiger partial charge >= 0.3 is 0 Å². The summed E-state index contributed by atoms with van der Waals surface area (Å²) < 4.78 is 0. The molecule has 0 aliphatic carbocycles. The van der Waals surface area contributed by atoms with Gasteiger partial charge in [0.15, 0.2) is 0 Å². The lowest BCUT2D eigenvalue weighted by Crippen LogP contribution is -2.50. The Morgan fingerprint density at radius 3 is 2.34 bits per heavy atom. The molecule has 8 heteroatoms. The zero-order chi connectivity index (χ0) is 23.3. The molecule has 172 valence electrons. The molecule has 0 aliphatic rings. The van der Waals surface area contributed by atoms with Crippen LogP contribution in [-0.4, -0.2) is 46.5 Å². The van der Waals surface area contributed by atoms with Gasteiger partial charge < -0.3 is 10.2 Å². The third-order valence-electron chi connectivity index (χ3n) is 5.06. The van der Waals surface area contributed by atoms with E-state index in [0.29, 0.717) is 31.7 Å². The van der Waals surface area contributed by atoms with Crippen molar-refractivity contribution in [3.63, 3.8) is 0 Å². The molecule has 0 radical (unpaired) electrons. The number of nitrogens with zero attached hydrogens (tertiary/aromatic N) is 2. The van der Waals surface area contributed by atoms with Gasteiger partial charge in [0.2, 0.25) is 11.8 Å². The Morgan fingerprint density at radius 1 is 1.06 bits per heavy atom. The van der Waals surface area contributed by atoms with Crippen molar-refractivity contribution < 1.29 is 14.5 Å². The summed E-state index contributed by atoms with van der Waals surface area (Å²) in [5.74, 6) is 0.612. The lowest BCUT2D eigenvalue weighted by atomic mass is 10.1. The van der Waals surface area contributed by atoms with Gasteiger partial charge in [0.1, 0.15) is 6.04 Å². The number of amides is 2. The number of benzene rings is 2. The zero-order valence-electron chi connectivity index (χ0n) is 18.7. The maximum Gasteiger partial charge on any atom is 0.269 e. The first-order chi connectivity index (χ1) is 15.5. The topological polar surface area (TPSA) is 92.6 Å². The second kappa shape index (κ2) is 13.5. The third kappa shape index (κ3) is 8.00. The van der Waals surface area contributed by atoms with Gasteiger partial charge in [0.05, 0.1) is 10.7 Å². The lowest BCUT2D eigenvalue weighted by molar-refractivity contribution is -0.384. The molecule has 1 N–H and O–H groups in total. The van der Waals surface area contributed by atoms with Gasteiger partial charge in [-0.1, -0.05) is 56.3 Å². The van der Waals surface area contributed by atoms with Gasteiger partial charge in [-0.2, -0.15) is 0 Å². The van der Waals surface area contributed by atoms with E-state index in [-0.39, 0.29) is 23.3 Å². The van der Waals surface area contributed by atoms with Crippen LogP contribution >= 0.6 is 11.8 Å². The number of carbonyl (C=O) groups is 2. The Morgan fingerprint density at radius 2 is 1.75 bits per heavy atom. The molecule has 0 spiro atoms. The Hall–Kier alpha value is -2.87. The summed E-state index contributed by atoms with van der Waals surface area (Å²) in [6, 6.07) is 15.8. The lowest BCUT2D eigenvalue weighted by Gasteiger charge is -2.30. The van der Waals surface area contributed by atoms with E-state index in [2.05, 4.69) is 5.32 Å². The van der Waals surface area contributed by atoms with E-state index in [1.165, 1.54) is 23.9 Å². The van der Waals surface area contributed by atoms with Crippen LogP contribution in [-0.2, 0) is 21.8 Å². The SMILES string of the molecule is CCCNC(=O)C(CC)N(CCc1ccccc1)C(=O)CSCc1ccc([N+](=O)[O-])cc1. The van der Waals surface area contributed by atoms with E-state index in [9.17, 15) is 19.7 Å². The minimum Gasteiger partial charge on any atom is -0.354 e. The van der Waals surface area contributed by atoms with Crippen molar-refractivity contribution in [1.82, 2.24) is 10.2 Å². The summed E-state index contributed by atoms with van der Waals surface area (Å²) >= 11 is 1.44. The molecule has 2 rings (SSSR count). The summed E-state index contributed by atoms with van der Waals surface area (Å²) in [6.07, 6.45) is 2.06. The van der Waals surface area contributed by atoms with Gasteiger partial charge in [-0.25, -0.2) is 0 Å². The van der Waals surface area contributed by atoms with Crippen LogP contribution in [0.4, 0.5) is 5.69 Å². The molecule has 0 fully saturated rings. The number of nitro groups is 1. The maximum absolute atomic E-state index is 13.1. The number of carbonyl (C=O) groups excluding carboxylic acids is 2. The summed E-state index contributed by atoms with van der Waals surface area (Å²) in [4.78, 5) is 37.9. The first kappa shape index (κ1) is 25.4. The second-order valence-electron chi connectivity index (χ2n) is 7.45. The first-order valence-electron chi connectivity index (χ1n) is 10.9. The van der Waals surface area contributed by atoms with Crippen LogP contribution in [0.3, 0.4) is 0 Å². The molecule has 0 heterocycles. The molecule has 1 atom stereocenters. The van der Waals surface area contributed by atoms with Crippen LogP contribution < -0.4 is 5.32 Å². The van der Waals surface area contributed by atoms with Crippen molar-refractivity contribution in [3.8, 4) is 0 Å². The molecule has 2 amide bonds. The Bertz CT molecular complexity index is 875. The molecule has 0 saturated carbocycles. The summed E-state index contributed by atoms with van der Waals surface area (Å²) in [6.45, 7) is 4.97. The summed E-state index contributed by atoms with van der Waals surface area (Å²) in [5, 5.41) is 13.7. The number of hydrogen-bond donors (Lipinski definition) is 1. The normalized spacial score (nSPS) is 11.6. The van der Waals surface area contributed by atoms with Crippen LogP contribution in [0, 0.1) is 10.1 Å². The Kier molecular flexibility index (Phi) is 10.7. The molecule has 7 nitrogen and oxygen atoms in total. The van der Waals surface area contributed by atoms with Crippen LogP contribution in [0.2, 0.25) is 0 Å². The predicted octanol–water partition coefficient (Wildman–Crippen LogP) is 4.20. The zero-order valence-corrected chi connectivity index (χ0v) is 19.5. The molecular formula is C24H31N3O4S. The summed E-state index contributed by atoms with van der Waals surface area (Å²) in [5.41, 5.74) is 2.08. The molecular weight excluding hydrogens is 426 g/mol. The molecule has 0 aromatic heterocycles. The predicted molar refractivity (Wildman–Crippen MR) is 128 cm³/mol.